The number of methoxy groups -OCH3 is 1. The largest absolute Gasteiger partial charge is 0.495 e. The van der Waals surface area contributed by atoms with Crippen LogP contribution in [0.15, 0.2) is 18.2 Å². The van der Waals surface area contributed by atoms with Crippen LogP contribution in [0, 0.1) is 0 Å². The molecule has 0 bridgehead atoms. The van der Waals surface area contributed by atoms with Crippen LogP contribution in [0.3, 0.4) is 0 Å². The van der Waals surface area contributed by atoms with Crippen molar-refractivity contribution in [2.75, 3.05) is 19.5 Å². The molecule has 0 aliphatic rings. The highest BCUT2D eigenvalue weighted by Gasteiger charge is 2.03. The molecular formula is C11H18N2O. The normalized spacial score (nSPS) is 12.3. The number of nitrogens with two attached hydrogens (primary N) is 1. The molecule has 3 heteroatoms. The molecule has 1 rings (SSSR count). The van der Waals surface area contributed by atoms with Crippen molar-refractivity contribution in [1.82, 2.24) is 0 Å². The summed E-state index contributed by atoms with van der Waals surface area (Å²) in [5.41, 5.74) is 7.97. The molecule has 1 aromatic rings. The topological polar surface area (TPSA) is 47.3 Å². The molecule has 14 heavy (non-hydrogen) atoms. The van der Waals surface area contributed by atoms with Gasteiger partial charge < -0.3 is 15.8 Å². The molecule has 0 radical (unpaired) electrons. The molecule has 0 aliphatic carbocycles. The van der Waals surface area contributed by atoms with Gasteiger partial charge in [0.1, 0.15) is 5.75 Å². The highest BCUT2D eigenvalue weighted by molar-refractivity contribution is 5.57. The third-order valence-electron chi connectivity index (χ3n) is 2.09. The van der Waals surface area contributed by atoms with Crippen molar-refractivity contribution in [3.05, 3.63) is 23.8 Å². The van der Waals surface area contributed by atoms with Gasteiger partial charge in [-0.3, -0.25) is 0 Å². The summed E-state index contributed by atoms with van der Waals surface area (Å²) in [5.74, 6) is 0.862. The first-order valence-electron chi connectivity index (χ1n) is 4.77. The summed E-state index contributed by atoms with van der Waals surface area (Å²) in [7, 11) is 3.55. The second-order valence-electron chi connectivity index (χ2n) is 3.47. The zero-order chi connectivity index (χ0) is 10.6. The summed E-state index contributed by atoms with van der Waals surface area (Å²) < 4.78 is 5.20. The predicted octanol–water partition coefficient (Wildman–Crippen LogP) is 1.63. The van der Waals surface area contributed by atoms with Gasteiger partial charge in [-0.2, -0.15) is 0 Å². The minimum absolute atomic E-state index is 0.188. The Morgan fingerprint density at radius 1 is 1.50 bits per heavy atom. The molecule has 0 heterocycles. The van der Waals surface area contributed by atoms with Gasteiger partial charge in [0.25, 0.3) is 0 Å². The van der Waals surface area contributed by atoms with Crippen LogP contribution in [0.25, 0.3) is 0 Å². The van der Waals surface area contributed by atoms with Gasteiger partial charge in [-0.25, -0.2) is 0 Å². The van der Waals surface area contributed by atoms with Crippen LogP contribution in [0.2, 0.25) is 0 Å². The van der Waals surface area contributed by atoms with Crippen molar-refractivity contribution in [1.29, 1.82) is 0 Å². The Balaban J connectivity index is 2.89. The lowest BCUT2D eigenvalue weighted by molar-refractivity contribution is 0.416. The molecule has 0 fully saturated rings. The van der Waals surface area contributed by atoms with Gasteiger partial charge in [0.15, 0.2) is 0 Å². The zero-order valence-corrected chi connectivity index (χ0v) is 9.00. The Morgan fingerprint density at radius 3 is 2.71 bits per heavy atom. The molecule has 78 valence electrons. The first-order chi connectivity index (χ1) is 6.67. The maximum Gasteiger partial charge on any atom is 0.141 e. The molecule has 3 N–H and O–H groups in total. The van der Waals surface area contributed by atoms with Crippen LogP contribution in [0.5, 0.6) is 5.75 Å². The monoisotopic (exact) mass is 194 g/mol. The summed E-state index contributed by atoms with van der Waals surface area (Å²) in [6.45, 7) is 2.00. The molecule has 0 aromatic heterocycles. The fourth-order valence-corrected chi connectivity index (χ4v) is 1.45. The summed E-state index contributed by atoms with van der Waals surface area (Å²) >= 11 is 0. The Labute approximate surface area is 85.3 Å². The van der Waals surface area contributed by atoms with Crippen molar-refractivity contribution in [3.63, 3.8) is 0 Å². The van der Waals surface area contributed by atoms with Gasteiger partial charge in [0, 0.05) is 13.1 Å². The van der Waals surface area contributed by atoms with E-state index in [-0.39, 0.29) is 6.04 Å². The number of nitrogens with one attached hydrogen (secondary N) is 1. The van der Waals surface area contributed by atoms with Crippen molar-refractivity contribution in [3.8, 4) is 5.75 Å². The maximum absolute atomic E-state index is 5.73. The Hall–Kier alpha value is -1.22. The van der Waals surface area contributed by atoms with E-state index in [1.165, 1.54) is 5.56 Å². The van der Waals surface area contributed by atoms with Crippen molar-refractivity contribution in [2.24, 2.45) is 5.73 Å². The lowest BCUT2D eigenvalue weighted by Gasteiger charge is -2.11. The van der Waals surface area contributed by atoms with Crippen LogP contribution >= 0.6 is 0 Å². The van der Waals surface area contributed by atoms with Gasteiger partial charge in [0.2, 0.25) is 0 Å². The van der Waals surface area contributed by atoms with Gasteiger partial charge in [-0.1, -0.05) is 6.07 Å². The van der Waals surface area contributed by atoms with Crippen molar-refractivity contribution < 1.29 is 4.74 Å². The quantitative estimate of drug-likeness (QED) is 0.765. The van der Waals surface area contributed by atoms with Crippen LogP contribution in [-0.2, 0) is 6.42 Å². The number of anilines is 1. The third-order valence-corrected chi connectivity index (χ3v) is 2.09. The molecule has 3 nitrogen and oxygen atoms in total. The highest BCUT2D eigenvalue weighted by atomic mass is 16.5. The Morgan fingerprint density at radius 2 is 2.21 bits per heavy atom. The molecule has 1 atom stereocenters. The number of ether oxygens (including phenoxy) is 1. The van der Waals surface area contributed by atoms with E-state index in [0.29, 0.717) is 0 Å². The second-order valence-corrected chi connectivity index (χ2v) is 3.47. The lowest BCUT2D eigenvalue weighted by Crippen LogP contribution is -2.17. The van der Waals surface area contributed by atoms with E-state index >= 15 is 0 Å². The summed E-state index contributed by atoms with van der Waals surface area (Å²) in [6.07, 6.45) is 0.888. The number of hydrogen-bond donors (Lipinski definition) is 2. The van der Waals surface area contributed by atoms with Gasteiger partial charge in [-0.15, -0.1) is 0 Å². The van der Waals surface area contributed by atoms with Crippen LogP contribution in [0.1, 0.15) is 12.5 Å². The van der Waals surface area contributed by atoms with Crippen LogP contribution in [-0.4, -0.2) is 20.2 Å². The minimum Gasteiger partial charge on any atom is -0.495 e. The van der Waals surface area contributed by atoms with Gasteiger partial charge in [0.05, 0.1) is 12.8 Å². The molecule has 0 spiro atoms. The molecular weight excluding hydrogens is 176 g/mol. The Kier molecular flexibility index (Phi) is 3.77. The third kappa shape index (κ3) is 2.64. The van der Waals surface area contributed by atoms with E-state index in [1.807, 2.05) is 26.1 Å². The smallest absolute Gasteiger partial charge is 0.141 e. The van der Waals surface area contributed by atoms with E-state index in [1.54, 1.807) is 7.11 Å². The van der Waals surface area contributed by atoms with Crippen molar-refractivity contribution in [2.45, 2.75) is 19.4 Å². The van der Waals surface area contributed by atoms with E-state index in [4.69, 9.17) is 10.5 Å². The molecule has 0 aliphatic heterocycles. The van der Waals surface area contributed by atoms with E-state index in [2.05, 4.69) is 11.4 Å². The highest BCUT2D eigenvalue weighted by Crippen LogP contribution is 2.25. The summed E-state index contributed by atoms with van der Waals surface area (Å²) in [6, 6.07) is 6.27. The second kappa shape index (κ2) is 4.86. The minimum atomic E-state index is 0.188. The summed E-state index contributed by atoms with van der Waals surface area (Å²) in [4.78, 5) is 0. The van der Waals surface area contributed by atoms with Crippen LogP contribution < -0.4 is 15.8 Å². The van der Waals surface area contributed by atoms with E-state index in [0.717, 1.165) is 17.9 Å². The fraction of sp³-hybridized carbons (Fsp3) is 0.455. The molecule has 0 saturated carbocycles. The Bertz CT molecular complexity index is 297. The number of rotatable bonds is 4. The SMILES string of the molecule is CNc1cc(CC(C)N)ccc1OC. The maximum atomic E-state index is 5.73. The average Bonchev–Trinajstić information content (AvgIpc) is 2.16. The molecule has 1 aromatic carbocycles. The predicted molar refractivity (Wildman–Crippen MR) is 59.9 cm³/mol. The number of hydrogen-bond acceptors (Lipinski definition) is 3. The molecule has 0 amide bonds. The lowest BCUT2D eigenvalue weighted by atomic mass is 10.1. The van der Waals surface area contributed by atoms with Crippen molar-refractivity contribution >= 4 is 5.69 Å². The van der Waals surface area contributed by atoms with Gasteiger partial charge >= 0.3 is 0 Å². The summed E-state index contributed by atoms with van der Waals surface area (Å²) in [5, 5.41) is 3.09. The fourth-order valence-electron chi connectivity index (χ4n) is 1.45. The van der Waals surface area contributed by atoms with E-state index in [9.17, 15) is 0 Å². The van der Waals surface area contributed by atoms with Gasteiger partial charge in [-0.05, 0) is 31.0 Å². The molecule has 1 unspecified atom stereocenters. The zero-order valence-electron chi connectivity index (χ0n) is 9.00. The number of benzene rings is 1. The van der Waals surface area contributed by atoms with Crippen LogP contribution in [0.4, 0.5) is 5.69 Å². The first kappa shape index (κ1) is 10.9. The standard InChI is InChI=1S/C11H18N2O/c1-8(12)6-9-4-5-11(14-3)10(7-9)13-2/h4-5,7-8,13H,6,12H2,1-3H3. The molecule has 0 saturated heterocycles. The first-order valence-corrected chi connectivity index (χ1v) is 4.77. The average molecular weight is 194 g/mol. The van der Waals surface area contributed by atoms with E-state index < -0.39 is 0 Å².